The topological polar surface area (TPSA) is 53.4 Å². The summed E-state index contributed by atoms with van der Waals surface area (Å²) in [6.45, 7) is 0.584. The number of aliphatic hydroxyl groups is 1. The largest absolute Gasteiger partial charge is 0.385 e. The molecule has 0 spiro atoms. The highest BCUT2D eigenvalue weighted by atomic mass is 16.3. The van der Waals surface area contributed by atoms with Crippen LogP contribution in [-0.2, 0) is 5.60 Å². The molecule has 130 valence electrons. The highest BCUT2D eigenvalue weighted by Gasteiger charge is 2.50. The summed E-state index contributed by atoms with van der Waals surface area (Å²) in [5.74, 6) is 0.137. The van der Waals surface area contributed by atoms with Crippen LogP contribution in [0.15, 0.2) is 54.9 Å². The number of hydrogen-bond acceptors (Lipinski definition) is 3. The first-order valence-corrected chi connectivity index (χ1v) is 9.19. The van der Waals surface area contributed by atoms with Crippen molar-refractivity contribution in [2.45, 2.75) is 43.7 Å². The molecule has 2 heterocycles. The fourth-order valence-corrected chi connectivity index (χ4v) is 4.68. The number of hydrogen-bond donors (Lipinski definition) is 1. The van der Waals surface area contributed by atoms with E-state index in [0.717, 1.165) is 31.2 Å². The van der Waals surface area contributed by atoms with Gasteiger partial charge in [0.1, 0.15) is 0 Å². The second kappa shape index (κ2) is 6.60. The predicted molar refractivity (Wildman–Crippen MR) is 96.0 cm³/mol. The first-order chi connectivity index (χ1) is 12.2. The number of piperidine rings is 1. The Hall–Kier alpha value is -2.20. The van der Waals surface area contributed by atoms with Gasteiger partial charge in [0.25, 0.3) is 5.91 Å². The highest BCUT2D eigenvalue weighted by Crippen LogP contribution is 2.47. The SMILES string of the molecule is O=C(c1cccnc1)N1CCC(O)(c2ccccc2)[C@@H]2CCCC[C@@H]21. The van der Waals surface area contributed by atoms with Gasteiger partial charge in [-0.25, -0.2) is 0 Å². The van der Waals surface area contributed by atoms with Crippen LogP contribution < -0.4 is 0 Å². The molecule has 25 heavy (non-hydrogen) atoms. The van der Waals surface area contributed by atoms with Gasteiger partial charge in [-0.05, 0) is 37.0 Å². The Morgan fingerprint density at radius 1 is 1.12 bits per heavy atom. The second-order valence-electron chi connectivity index (χ2n) is 7.24. The van der Waals surface area contributed by atoms with Gasteiger partial charge in [-0.2, -0.15) is 0 Å². The molecule has 1 N–H and O–H groups in total. The Balaban J connectivity index is 1.66. The standard InChI is InChI=1S/C21H24N2O2/c24-20(16-7-6-13-22-15-16)23-14-12-21(25,17-8-2-1-3-9-17)18-10-4-5-11-19(18)23/h1-3,6-9,13,15,18-19,25H,4-5,10-12,14H2/t18-,19+,21?/m1/s1. The van der Waals surface area contributed by atoms with E-state index < -0.39 is 5.60 Å². The molecule has 2 aliphatic rings. The fourth-order valence-electron chi connectivity index (χ4n) is 4.68. The molecule has 1 aliphatic heterocycles. The van der Waals surface area contributed by atoms with Crippen molar-refractivity contribution in [2.75, 3.05) is 6.54 Å². The number of aromatic nitrogens is 1. The zero-order valence-electron chi connectivity index (χ0n) is 14.3. The van der Waals surface area contributed by atoms with Crippen molar-refractivity contribution in [3.05, 3.63) is 66.0 Å². The lowest BCUT2D eigenvalue weighted by Crippen LogP contribution is -2.59. The first-order valence-electron chi connectivity index (χ1n) is 9.19. The molecule has 4 nitrogen and oxygen atoms in total. The summed E-state index contributed by atoms with van der Waals surface area (Å²) in [6.07, 6.45) is 8.07. The van der Waals surface area contributed by atoms with Crippen molar-refractivity contribution >= 4 is 5.91 Å². The molecule has 1 saturated heterocycles. The molecule has 1 aromatic heterocycles. The number of benzene rings is 1. The lowest BCUT2D eigenvalue weighted by atomic mass is 9.66. The van der Waals surface area contributed by atoms with E-state index in [1.807, 2.05) is 41.3 Å². The number of carbonyl (C=O) groups is 1. The quantitative estimate of drug-likeness (QED) is 0.915. The van der Waals surface area contributed by atoms with Crippen LogP contribution in [0.5, 0.6) is 0 Å². The second-order valence-corrected chi connectivity index (χ2v) is 7.24. The summed E-state index contributed by atoms with van der Waals surface area (Å²) < 4.78 is 0. The molecule has 2 aromatic rings. The fraction of sp³-hybridized carbons (Fsp3) is 0.429. The van der Waals surface area contributed by atoms with E-state index in [-0.39, 0.29) is 17.9 Å². The smallest absolute Gasteiger partial charge is 0.255 e. The van der Waals surface area contributed by atoms with Gasteiger partial charge in [0, 0.05) is 30.9 Å². The molecular weight excluding hydrogens is 312 g/mol. The maximum Gasteiger partial charge on any atom is 0.255 e. The van der Waals surface area contributed by atoms with Gasteiger partial charge < -0.3 is 10.0 Å². The van der Waals surface area contributed by atoms with Gasteiger partial charge in [0.2, 0.25) is 0 Å². The Kier molecular flexibility index (Phi) is 4.30. The number of amides is 1. The van der Waals surface area contributed by atoms with Crippen LogP contribution in [-0.4, -0.2) is 33.5 Å². The van der Waals surface area contributed by atoms with Crippen LogP contribution in [0, 0.1) is 5.92 Å². The van der Waals surface area contributed by atoms with Crippen LogP contribution in [0.1, 0.15) is 48.0 Å². The van der Waals surface area contributed by atoms with Crippen LogP contribution >= 0.6 is 0 Å². The zero-order valence-corrected chi connectivity index (χ0v) is 14.3. The van der Waals surface area contributed by atoms with Gasteiger partial charge >= 0.3 is 0 Å². The summed E-state index contributed by atoms with van der Waals surface area (Å²) in [4.78, 5) is 19.1. The summed E-state index contributed by atoms with van der Waals surface area (Å²) >= 11 is 0. The Morgan fingerprint density at radius 3 is 2.68 bits per heavy atom. The summed E-state index contributed by atoms with van der Waals surface area (Å²) in [6, 6.07) is 13.7. The normalized spacial score (nSPS) is 29.1. The summed E-state index contributed by atoms with van der Waals surface area (Å²) in [5, 5.41) is 11.6. The van der Waals surface area contributed by atoms with E-state index in [1.165, 1.54) is 0 Å². The monoisotopic (exact) mass is 336 g/mol. The lowest BCUT2D eigenvalue weighted by molar-refractivity contribution is -0.110. The Labute approximate surface area is 148 Å². The van der Waals surface area contributed by atoms with Crippen LogP contribution in [0.4, 0.5) is 0 Å². The number of carbonyl (C=O) groups excluding carboxylic acids is 1. The van der Waals surface area contributed by atoms with E-state index in [1.54, 1.807) is 18.5 Å². The Bertz CT molecular complexity index is 734. The van der Waals surface area contributed by atoms with Crippen molar-refractivity contribution in [2.24, 2.45) is 5.92 Å². The predicted octanol–water partition coefficient (Wildman–Crippen LogP) is 3.37. The maximum atomic E-state index is 13.0. The first kappa shape index (κ1) is 16.3. The summed E-state index contributed by atoms with van der Waals surface area (Å²) in [7, 11) is 0. The molecule has 0 bridgehead atoms. The third-order valence-electron chi connectivity index (χ3n) is 5.92. The molecule has 2 fully saturated rings. The van der Waals surface area contributed by atoms with E-state index in [9.17, 15) is 9.90 Å². The number of fused-ring (bicyclic) bond motifs is 1. The molecule has 3 atom stereocenters. The molecule has 1 unspecified atom stereocenters. The third-order valence-corrected chi connectivity index (χ3v) is 5.92. The van der Waals surface area contributed by atoms with Gasteiger partial charge in [0.15, 0.2) is 0 Å². The molecule has 0 radical (unpaired) electrons. The molecular formula is C21H24N2O2. The maximum absolute atomic E-state index is 13.0. The van der Waals surface area contributed by atoms with Crippen molar-refractivity contribution in [1.82, 2.24) is 9.88 Å². The van der Waals surface area contributed by atoms with Crippen LogP contribution in [0.3, 0.4) is 0 Å². The van der Waals surface area contributed by atoms with E-state index in [4.69, 9.17) is 0 Å². The highest BCUT2D eigenvalue weighted by molar-refractivity contribution is 5.94. The van der Waals surface area contributed by atoms with Crippen molar-refractivity contribution in [3.63, 3.8) is 0 Å². The van der Waals surface area contributed by atoms with Gasteiger partial charge in [-0.3, -0.25) is 9.78 Å². The minimum absolute atomic E-state index is 0.0418. The van der Waals surface area contributed by atoms with E-state index >= 15 is 0 Å². The van der Waals surface area contributed by atoms with Crippen LogP contribution in [0.2, 0.25) is 0 Å². The number of rotatable bonds is 2. The molecule has 1 saturated carbocycles. The molecule has 1 aromatic carbocycles. The van der Waals surface area contributed by atoms with Gasteiger partial charge in [-0.1, -0.05) is 43.2 Å². The molecule has 4 rings (SSSR count). The number of pyridine rings is 1. The minimum Gasteiger partial charge on any atom is -0.385 e. The van der Waals surface area contributed by atoms with Crippen molar-refractivity contribution in [1.29, 1.82) is 0 Å². The molecule has 1 amide bonds. The molecule has 1 aliphatic carbocycles. The average molecular weight is 336 g/mol. The minimum atomic E-state index is -0.835. The number of nitrogens with zero attached hydrogens (tertiary/aromatic N) is 2. The van der Waals surface area contributed by atoms with Crippen molar-refractivity contribution in [3.8, 4) is 0 Å². The number of likely N-dealkylation sites (tertiary alicyclic amines) is 1. The average Bonchev–Trinajstić information content (AvgIpc) is 2.69. The molecule has 4 heteroatoms. The van der Waals surface area contributed by atoms with E-state index in [0.29, 0.717) is 18.5 Å². The third kappa shape index (κ3) is 2.85. The zero-order chi connectivity index (χ0) is 17.3. The van der Waals surface area contributed by atoms with Gasteiger partial charge in [-0.15, -0.1) is 0 Å². The van der Waals surface area contributed by atoms with Gasteiger partial charge in [0.05, 0.1) is 11.2 Å². The van der Waals surface area contributed by atoms with Crippen molar-refractivity contribution < 1.29 is 9.90 Å². The summed E-state index contributed by atoms with van der Waals surface area (Å²) in [5.41, 5.74) is 0.787. The van der Waals surface area contributed by atoms with E-state index in [2.05, 4.69) is 4.98 Å². The Morgan fingerprint density at radius 2 is 1.92 bits per heavy atom. The van der Waals surface area contributed by atoms with Crippen LogP contribution in [0.25, 0.3) is 0 Å². The lowest BCUT2D eigenvalue weighted by Gasteiger charge is -2.52.